The molecule has 14 heavy (non-hydrogen) atoms. The number of carboxylic acids is 1. The largest absolute Gasteiger partial charge is 0.481 e. The first-order chi connectivity index (χ1) is 6.60. The van der Waals surface area contributed by atoms with E-state index in [2.05, 4.69) is 11.9 Å². The molecule has 2 N–H and O–H groups in total. The van der Waals surface area contributed by atoms with Gasteiger partial charge in [-0.3, -0.25) is 4.79 Å². The van der Waals surface area contributed by atoms with E-state index in [1.165, 1.54) is 0 Å². The summed E-state index contributed by atoms with van der Waals surface area (Å²) in [6.45, 7) is 7.45. The van der Waals surface area contributed by atoms with Crippen molar-refractivity contribution >= 4 is 5.97 Å². The number of rotatable bonds is 4. The van der Waals surface area contributed by atoms with Crippen LogP contribution in [0.3, 0.4) is 0 Å². The number of aliphatic carboxylic acids is 1. The van der Waals surface area contributed by atoms with E-state index in [0.717, 1.165) is 31.4 Å². The Bertz CT molecular complexity index is 229. The molecule has 1 unspecified atom stereocenters. The first kappa shape index (κ1) is 11.2. The number of hydrogen-bond donors (Lipinski definition) is 2. The summed E-state index contributed by atoms with van der Waals surface area (Å²) in [4.78, 5) is 11.2. The molecule has 1 aliphatic heterocycles. The topological polar surface area (TPSA) is 49.3 Å². The van der Waals surface area contributed by atoms with E-state index in [0.29, 0.717) is 13.0 Å². The molecule has 0 aromatic carbocycles. The second-order valence-electron chi connectivity index (χ2n) is 4.15. The molecule has 0 bridgehead atoms. The van der Waals surface area contributed by atoms with E-state index in [1.807, 2.05) is 6.92 Å². The Labute approximate surface area is 85.2 Å². The van der Waals surface area contributed by atoms with Gasteiger partial charge in [-0.1, -0.05) is 19.1 Å². The van der Waals surface area contributed by atoms with Crippen LogP contribution in [0.2, 0.25) is 0 Å². The highest BCUT2D eigenvalue weighted by molar-refractivity contribution is 5.75. The monoisotopic (exact) mass is 197 g/mol. The first-order valence-corrected chi connectivity index (χ1v) is 5.21. The molecule has 0 amide bonds. The second kappa shape index (κ2) is 4.60. The third kappa shape index (κ3) is 2.35. The van der Waals surface area contributed by atoms with E-state index in [1.54, 1.807) is 0 Å². The fourth-order valence-electron chi connectivity index (χ4n) is 1.98. The molecule has 0 saturated carbocycles. The molecule has 0 aromatic rings. The van der Waals surface area contributed by atoms with Crippen LogP contribution in [0.5, 0.6) is 0 Å². The quantitative estimate of drug-likeness (QED) is 0.676. The number of carbonyl (C=O) groups is 1. The lowest BCUT2D eigenvalue weighted by Gasteiger charge is -2.34. The van der Waals surface area contributed by atoms with Crippen LogP contribution in [0.1, 0.15) is 32.6 Å². The van der Waals surface area contributed by atoms with Gasteiger partial charge in [0.2, 0.25) is 0 Å². The lowest BCUT2D eigenvalue weighted by Crippen LogP contribution is -2.45. The van der Waals surface area contributed by atoms with Crippen molar-refractivity contribution < 1.29 is 9.90 Å². The summed E-state index contributed by atoms with van der Waals surface area (Å²) >= 11 is 0. The maximum absolute atomic E-state index is 11.2. The molecular formula is C11H19NO2. The van der Waals surface area contributed by atoms with Crippen molar-refractivity contribution in [2.75, 3.05) is 13.1 Å². The van der Waals surface area contributed by atoms with Crippen molar-refractivity contribution in [1.82, 2.24) is 5.32 Å². The van der Waals surface area contributed by atoms with Crippen LogP contribution in [0.4, 0.5) is 0 Å². The summed E-state index contributed by atoms with van der Waals surface area (Å²) in [6.07, 6.45) is 3.21. The Morgan fingerprint density at radius 3 is 2.79 bits per heavy atom. The summed E-state index contributed by atoms with van der Waals surface area (Å²) < 4.78 is 0. The second-order valence-corrected chi connectivity index (χ2v) is 4.15. The molecule has 1 saturated heterocycles. The average Bonchev–Trinajstić information content (AvgIpc) is 2.19. The SMILES string of the molecule is C=C(CC)CC1(C(=O)O)CCCNC1. The lowest BCUT2D eigenvalue weighted by molar-refractivity contribution is -0.150. The molecule has 0 aromatic heterocycles. The van der Waals surface area contributed by atoms with Gasteiger partial charge in [-0.25, -0.2) is 0 Å². The van der Waals surface area contributed by atoms with E-state index in [-0.39, 0.29) is 0 Å². The fourth-order valence-corrected chi connectivity index (χ4v) is 1.98. The predicted octanol–water partition coefficient (Wildman–Crippen LogP) is 1.80. The smallest absolute Gasteiger partial charge is 0.311 e. The summed E-state index contributed by atoms with van der Waals surface area (Å²) in [6, 6.07) is 0. The molecule has 0 aliphatic carbocycles. The van der Waals surface area contributed by atoms with Crippen molar-refractivity contribution in [3.8, 4) is 0 Å². The number of nitrogens with one attached hydrogen (secondary N) is 1. The Balaban J connectivity index is 2.70. The number of hydrogen-bond acceptors (Lipinski definition) is 2. The third-order valence-electron chi connectivity index (χ3n) is 3.01. The van der Waals surface area contributed by atoms with Crippen LogP contribution in [0.15, 0.2) is 12.2 Å². The van der Waals surface area contributed by atoms with Gasteiger partial charge in [-0.05, 0) is 32.2 Å². The summed E-state index contributed by atoms with van der Waals surface area (Å²) in [5, 5.41) is 12.4. The normalized spacial score (nSPS) is 27.2. The molecule has 1 atom stereocenters. The minimum absolute atomic E-state index is 0.585. The summed E-state index contributed by atoms with van der Waals surface area (Å²) in [7, 11) is 0. The van der Waals surface area contributed by atoms with Gasteiger partial charge in [0.15, 0.2) is 0 Å². The zero-order valence-corrected chi connectivity index (χ0v) is 8.81. The zero-order valence-electron chi connectivity index (χ0n) is 8.81. The van der Waals surface area contributed by atoms with Gasteiger partial charge in [0.1, 0.15) is 0 Å². The van der Waals surface area contributed by atoms with Crippen LogP contribution in [-0.4, -0.2) is 24.2 Å². The van der Waals surface area contributed by atoms with E-state index in [4.69, 9.17) is 0 Å². The number of allylic oxidation sites excluding steroid dienone is 1. The third-order valence-corrected chi connectivity index (χ3v) is 3.01. The van der Waals surface area contributed by atoms with E-state index in [9.17, 15) is 9.90 Å². The van der Waals surface area contributed by atoms with Crippen LogP contribution in [-0.2, 0) is 4.79 Å². The van der Waals surface area contributed by atoms with Gasteiger partial charge in [0, 0.05) is 6.54 Å². The molecule has 0 radical (unpaired) electrons. The predicted molar refractivity (Wildman–Crippen MR) is 56.2 cm³/mol. The highest BCUT2D eigenvalue weighted by Gasteiger charge is 2.39. The zero-order chi connectivity index (χ0) is 10.6. The molecule has 1 fully saturated rings. The molecule has 80 valence electrons. The Hall–Kier alpha value is -0.830. The Kier molecular flexibility index (Phi) is 3.69. The molecule has 1 heterocycles. The van der Waals surface area contributed by atoms with Crippen LogP contribution < -0.4 is 5.32 Å². The summed E-state index contributed by atoms with van der Waals surface area (Å²) in [5.41, 5.74) is 0.446. The Morgan fingerprint density at radius 2 is 2.36 bits per heavy atom. The standard InChI is InChI=1S/C11H19NO2/c1-3-9(2)7-11(10(13)14)5-4-6-12-8-11/h12H,2-8H2,1H3,(H,13,14). The molecule has 1 aliphatic rings. The lowest BCUT2D eigenvalue weighted by atomic mass is 9.75. The highest BCUT2D eigenvalue weighted by atomic mass is 16.4. The summed E-state index contributed by atoms with van der Waals surface area (Å²) in [5.74, 6) is -0.681. The molecular weight excluding hydrogens is 178 g/mol. The fraction of sp³-hybridized carbons (Fsp3) is 0.727. The van der Waals surface area contributed by atoms with Crippen LogP contribution in [0.25, 0.3) is 0 Å². The Morgan fingerprint density at radius 1 is 1.64 bits per heavy atom. The minimum atomic E-state index is -0.681. The van der Waals surface area contributed by atoms with Gasteiger partial charge in [0.25, 0.3) is 0 Å². The van der Waals surface area contributed by atoms with Gasteiger partial charge in [-0.2, -0.15) is 0 Å². The highest BCUT2D eigenvalue weighted by Crippen LogP contribution is 2.33. The van der Waals surface area contributed by atoms with Crippen molar-refractivity contribution in [2.24, 2.45) is 5.41 Å². The van der Waals surface area contributed by atoms with Crippen molar-refractivity contribution in [3.63, 3.8) is 0 Å². The van der Waals surface area contributed by atoms with Crippen LogP contribution in [0, 0.1) is 5.41 Å². The van der Waals surface area contributed by atoms with E-state index >= 15 is 0 Å². The van der Waals surface area contributed by atoms with Gasteiger partial charge in [0.05, 0.1) is 5.41 Å². The van der Waals surface area contributed by atoms with Gasteiger partial charge < -0.3 is 10.4 Å². The molecule has 3 heteroatoms. The van der Waals surface area contributed by atoms with Crippen molar-refractivity contribution in [2.45, 2.75) is 32.6 Å². The average molecular weight is 197 g/mol. The van der Waals surface area contributed by atoms with Crippen molar-refractivity contribution in [3.05, 3.63) is 12.2 Å². The maximum Gasteiger partial charge on any atom is 0.311 e. The minimum Gasteiger partial charge on any atom is -0.481 e. The number of piperidine rings is 1. The van der Waals surface area contributed by atoms with E-state index < -0.39 is 11.4 Å². The molecule has 1 rings (SSSR count). The number of carboxylic acid groups (broad SMARTS) is 1. The van der Waals surface area contributed by atoms with Crippen molar-refractivity contribution in [1.29, 1.82) is 0 Å². The molecule has 3 nitrogen and oxygen atoms in total. The van der Waals surface area contributed by atoms with Gasteiger partial charge in [-0.15, -0.1) is 0 Å². The first-order valence-electron chi connectivity index (χ1n) is 5.21. The maximum atomic E-state index is 11.2. The van der Waals surface area contributed by atoms with Crippen LogP contribution >= 0.6 is 0 Å². The van der Waals surface area contributed by atoms with Gasteiger partial charge >= 0.3 is 5.97 Å². The molecule has 0 spiro atoms.